The molecular formula is C13H21N3OS. The van der Waals surface area contributed by atoms with Crippen LogP contribution in [0.3, 0.4) is 0 Å². The predicted molar refractivity (Wildman–Crippen MR) is 75.4 cm³/mol. The lowest BCUT2D eigenvalue weighted by Gasteiger charge is -2.12. The second-order valence-electron chi connectivity index (χ2n) is 4.57. The Labute approximate surface area is 113 Å². The van der Waals surface area contributed by atoms with Gasteiger partial charge in [0.2, 0.25) is 5.88 Å². The SMILES string of the molecule is CCNc1cc(OCC2CCCC2)nc(SC)n1. The summed E-state index contributed by atoms with van der Waals surface area (Å²) in [4.78, 5) is 8.77. The van der Waals surface area contributed by atoms with Gasteiger partial charge in [0.1, 0.15) is 5.82 Å². The van der Waals surface area contributed by atoms with Gasteiger partial charge in [-0.05, 0) is 31.9 Å². The molecule has 100 valence electrons. The van der Waals surface area contributed by atoms with Gasteiger partial charge in [-0.3, -0.25) is 0 Å². The van der Waals surface area contributed by atoms with Crippen LogP contribution in [0, 0.1) is 5.92 Å². The van der Waals surface area contributed by atoms with Gasteiger partial charge in [-0.25, -0.2) is 4.98 Å². The van der Waals surface area contributed by atoms with Crippen molar-refractivity contribution in [2.45, 2.75) is 37.8 Å². The van der Waals surface area contributed by atoms with Gasteiger partial charge in [-0.1, -0.05) is 24.6 Å². The van der Waals surface area contributed by atoms with Gasteiger partial charge in [-0.2, -0.15) is 4.98 Å². The Kier molecular flexibility index (Phi) is 5.11. The Morgan fingerprint density at radius 3 is 2.83 bits per heavy atom. The number of anilines is 1. The fourth-order valence-corrected chi connectivity index (χ4v) is 2.59. The third-order valence-electron chi connectivity index (χ3n) is 3.16. The molecule has 5 heteroatoms. The molecule has 0 aromatic carbocycles. The van der Waals surface area contributed by atoms with Crippen molar-refractivity contribution in [3.63, 3.8) is 0 Å². The predicted octanol–water partition coefficient (Wildman–Crippen LogP) is 3.20. The van der Waals surface area contributed by atoms with Crippen molar-refractivity contribution < 1.29 is 4.74 Å². The Bertz CT molecular complexity index is 380. The molecule has 1 fully saturated rings. The van der Waals surface area contributed by atoms with Crippen molar-refractivity contribution in [1.29, 1.82) is 0 Å². The zero-order valence-electron chi connectivity index (χ0n) is 11.1. The molecule has 1 saturated carbocycles. The van der Waals surface area contributed by atoms with Crippen LogP contribution < -0.4 is 10.1 Å². The number of rotatable bonds is 6. The number of nitrogens with zero attached hydrogens (tertiary/aromatic N) is 2. The first kappa shape index (κ1) is 13.5. The molecule has 1 aliphatic rings. The third kappa shape index (κ3) is 3.77. The van der Waals surface area contributed by atoms with Crippen LogP contribution in [0.4, 0.5) is 5.82 Å². The molecule has 1 aliphatic carbocycles. The lowest BCUT2D eigenvalue weighted by atomic mass is 10.1. The summed E-state index contributed by atoms with van der Waals surface area (Å²) in [5.41, 5.74) is 0. The highest BCUT2D eigenvalue weighted by Gasteiger charge is 2.16. The largest absolute Gasteiger partial charge is 0.477 e. The molecule has 0 amide bonds. The maximum atomic E-state index is 5.81. The molecular weight excluding hydrogens is 246 g/mol. The van der Waals surface area contributed by atoms with Gasteiger partial charge in [0.05, 0.1) is 6.61 Å². The molecule has 0 spiro atoms. The molecule has 18 heavy (non-hydrogen) atoms. The van der Waals surface area contributed by atoms with Crippen LogP contribution in [0.25, 0.3) is 0 Å². The highest BCUT2D eigenvalue weighted by molar-refractivity contribution is 7.98. The van der Waals surface area contributed by atoms with E-state index in [4.69, 9.17) is 4.74 Å². The first-order chi connectivity index (χ1) is 8.81. The molecule has 0 bridgehead atoms. The van der Waals surface area contributed by atoms with E-state index in [1.54, 1.807) is 0 Å². The minimum absolute atomic E-state index is 0.692. The van der Waals surface area contributed by atoms with Crippen LogP contribution in [-0.2, 0) is 0 Å². The van der Waals surface area contributed by atoms with E-state index >= 15 is 0 Å². The number of thioether (sulfide) groups is 1. The number of hydrogen-bond acceptors (Lipinski definition) is 5. The van der Waals surface area contributed by atoms with Crippen LogP contribution in [0.5, 0.6) is 5.88 Å². The molecule has 0 radical (unpaired) electrons. The highest BCUT2D eigenvalue weighted by Crippen LogP contribution is 2.26. The average molecular weight is 267 g/mol. The van der Waals surface area contributed by atoms with E-state index in [9.17, 15) is 0 Å². The first-order valence-electron chi connectivity index (χ1n) is 6.61. The summed E-state index contributed by atoms with van der Waals surface area (Å²) in [6.07, 6.45) is 7.25. The van der Waals surface area contributed by atoms with E-state index in [0.29, 0.717) is 11.8 Å². The van der Waals surface area contributed by atoms with E-state index < -0.39 is 0 Å². The van der Waals surface area contributed by atoms with Crippen molar-refractivity contribution in [2.24, 2.45) is 5.92 Å². The molecule has 0 saturated heterocycles. The molecule has 1 aromatic rings. The van der Waals surface area contributed by atoms with Crippen molar-refractivity contribution in [3.8, 4) is 5.88 Å². The van der Waals surface area contributed by atoms with Crippen molar-refractivity contribution >= 4 is 17.6 Å². The fourth-order valence-electron chi connectivity index (χ4n) is 2.22. The molecule has 0 aliphatic heterocycles. The fraction of sp³-hybridized carbons (Fsp3) is 0.692. The Morgan fingerprint density at radius 1 is 1.39 bits per heavy atom. The monoisotopic (exact) mass is 267 g/mol. The van der Waals surface area contributed by atoms with Crippen molar-refractivity contribution in [2.75, 3.05) is 24.7 Å². The van der Waals surface area contributed by atoms with E-state index in [1.807, 2.05) is 12.3 Å². The summed E-state index contributed by atoms with van der Waals surface area (Å²) in [6, 6.07) is 1.89. The second-order valence-corrected chi connectivity index (χ2v) is 5.34. The van der Waals surface area contributed by atoms with Crippen molar-refractivity contribution in [1.82, 2.24) is 9.97 Å². The smallest absolute Gasteiger partial charge is 0.219 e. The van der Waals surface area contributed by atoms with Gasteiger partial charge >= 0.3 is 0 Å². The third-order valence-corrected chi connectivity index (χ3v) is 3.71. The zero-order valence-corrected chi connectivity index (χ0v) is 11.9. The summed E-state index contributed by atoms with van der Waals surface area (Å²) in [7, 11) is 0. The van der Waals surface area contributed by atoms with E-state index in [1.165, 1.54) is 37.4 Å². The normalized spacial score (nSPS) is 15.9. The van der Waals surface area contributed by atoms with Crippen LogP contribution in [-0.4, -0.2) is 29.4 Å². The minimum Gasteiger partial charge on any atom is -0.477 e. The molecule has 0 unspecified atom stereocenters. The lowest BCUT2D eigenvalue weighted by molar-refractivity contribution is 0.241. The Morgan fingerprint density at radius 2 is 2.17 bits per heavy atom. The van der Waals surface area contributed by atoms with Gasteiger partial charge < -0.3 is 10.1 Å². The standard InChI is InChI=1S/C13H21N3OS/c1-3-14-11-8-12(16-13(15-11)18-2)17-9-10-6-4-5-7-10/h8,10H,3-7,9H2,1-2H3,(H,14,15,16). The first-order valence-corrected chi connectivity index (χ1v) is 7.84. The average Bonchev–Trinajstić information content (AvgIpc) is 2.89. The van der Waals surface area contributed by atoms with Crippen LogP contribution in [0.15, 0.2) is 11.2 Å². The molecule has 1 aromatic heterocycles. The summed E-state index contributed by atoms with van der Waals surface area (Å²) in [5.74, 6) is 2.25. The minimum atomic E-state index is 0.692. The summed E-state index contributed by atoms with van der Waals surface area (Å²) < 4.78 is 5.81. The molecule has 4 nitrogen and oxygen atoms in total. The molecule has 1 N–H and O–H groups in total. The highest BCUT2D eigenvalue weighted by atomic mass is 32.2. The summed E-state index contributed by atoms with van der Waals surface area (Å²) in [5, 5.41) is 3.97. The summed E-state index contributed by atoms with van der Waals surface area (Å²) >= 11 is 1.54. The lowest BCUT2D eigenvalue weighted by Crippen LogP contribution is -2.10. The maximum Gasteiger partial charge on any atom is 0.219 e. The number of aromatic nitrogens is 2. The van der Waals surface area contributed by atoms with Crippen molar-refractivity contribution in [3.05, 3.63) is 6.07 Å². The van der Waals surface area contributed by atoms with Gasteiger partial charge in [0.25, 0.3) is 0 Å². The topological polar surface area (TPSA) is 47.0 Å². The zero-order chi connectivity index (χ0) is 12.8. The van der Waals surface area contributed by atoms with Crippen LogP contribution in [0.1, 0.15) is 32.6 Å². The van der Waals surface area contributed by atoms with Crippen LogP contribution in [0.2, 0.25) is 0 Å². The van der Waals surface area contributed by atoms with Gasteiger partial charge in [0.15, 0.2) is 5.16 Å². The number of ether oxygens (including phenoxy) is 1. The van der Waals surface area contributed by atoms with E-state index in [-0.39, 0.29) is 0 Å². The Hall–Kier alpha value is -0.970. The van der Waals surface area contributed by atoms with E-state index in [0.717, 1.165) is 24.1 Å². The second kappa shape index (κ2) is 6.83. The Balaban J connectivity index is 1.98. The quantitative estimate of drug-likeness (QED) is 0.633. The van der Waals surface area contributed by atoms with Gasteiger partial charge in [0, 0.05) is 12.6 Å². The molecule has 1 heterocycles. The summed E-state index contributed by atoms with van der Waals surface area (Å²) in [6.45, 7) is 3.70. The van der Waals surface area contributed by atoms with E-state index in [2.05, 4.69) is 22.2 Å². The maximum absolute atomic E-state index is 5.81. The van der Waals surface area contributed by atoms with Crippen LogP contribution >= 0.6 is 11.8 Å². The molecule has 0 atom stereocenters. The number of nitrogens with one attached hydrogen (secondary N) is 1. The van der Waals surface area contributed by atoms with Gasteiger partial charge in [-0.15, -0.1) is 0 Å². The molecule has 2 rings (SSSR count). The number of hydrogen-bond donors (Lipinski definition) is 1.